The lowest BCUT2D eigenvalue weighted by Gasteiger charge is -2.22. The van der Waals surface area contributed by atoms with Crippen molar-refractivity contribution in [2.75, 3.05) is 13.1 Å². The molecular formula is C20H29NO2S. The minimum absolute atomic E-state index is 0.411. The zero-order valence-electron chi connectivity index (χ0n) is 14.9. The molecule has 0 N–H and O–H groups in total. The smallest absolute Gasteiger partial charge is 0.207 e. The summed E-state index contributed by atoms with van der Waals surface area (Å²) in [6, 6.07) is 13.3. The first-order valence-corrected chi connectivity index (χ1v) is 10.5. The van der Waals surface area contributed by atoms with Crippen LogP contribution in [0.25, 0.3) is 10.8 Å². The van der Waals surface area contributed by atoms with Crippen LogP contribution in [0.4, 0.5) is 0 Å². The van der Waals surface area contributed by atoms with E-state index in [0.29, 0.717) is 18.0 Å². The third-order valence-corrected chi connectivity index (χ3v) is 6.28. The van der Waals surface area contributed by atoms with E-state index < -0.39 is 10.0 Å². The molecule has 3 nitrogen and oxygen atoms in total. The molecule has 0 radical (unpaired) electrons. The van der Waals surface area contributed by atoms with Gasteiger partial charge in [-0.3, -0.25) is 0 Å². The highest BCUT2D eigenvalue weighted by atomic mass is 32.2. The SMILES string of the molecule is CCCCCN(CCCCC)S(=O)(=O)c1ccc2ccccc2c1. The number of hydrogen-bond acceptors (Lipinski definition) is 2. The fraction of sp³-hybridized carbons (Fsp3) is 0.500. The summed E-state index contributed by atoms with van der Waals surface area (Å²) >= 11 is 0. The molecule has 0 aliphatic carbocycles. The van der Waals surface area contributed by atoms with Gasteiger partial charge in [0.15, 0.2) is 0 Å². The van der Waals surface area contributed by atoms with Gasteiger partial charge in [-0.1, -0.05) is 69.9 Å². The number of fused-ring (bicyclic) bond motifs is 1. The molecule has 2 rings (SSSR count). The average molecular weight is 348 g/mol. The maximum atomic E-state index is 13.1. The van der Waals surface area contributed by atoms with Crippen molar-refractivity contribution < 1.29 is 8.42 Å². The van der Waals surface area contributed by atoms with E-state index in [9.17, 15) is 8.42 Å². The van der Waals surface area contributed by atoms with Gasteiger partial charge in [0, 0.05) is 13.1 Å². The second-order valence-electron chi connectivity index (χ2n) is 6.33. The molecule has 2 aromatic carbocycles. The van der Waals surface area contributed by atoms with Crippen molar-refractivity contribution in [3.8, 4) is 0 Å². The highest BCUT2D eigenvalue weighted by molar-refractivity contribution is 7.89. The third-order valence-electron chi connectivity index (χ3n) is 4.38. The Hall–Kier alpha value is -1.39. The van der Waals surface area contributed by atoms with Gasteiger partial charge in [0.05, 0.1) is 4.90 Å². The molecule has 0 aliphatic heterocycles. The Labute approximate surface area is 146 Å². The van der Waals surface area contributed by atoms with Crippen LogP contribution in [0.15, 0.2) is 47.4 Å². The van der Waals surface area contributed by atoms with E-state index in [1.165, 1.54) is 0 Å². The lowest BCUT2D eigenvalue weighted by molar-refractivity contribution is 0.388. The first-order valence-electron chi connectivity index (χ1n) is 9.08. The number of unbranched alkanes of at least 4 members (excludes halogenated alkanes) is 4. The molecule has 0 heterocycles. The summed E-state index contributed by atoms with van der Waals surface area (Å²) in [5.74, 6) is 0. The zero-order chi connectivity index (χ0) is 17.4. The lowest BCUT2D eigenvalue weighted by Crippen LogP contribution is -2.33. The lowest BCUT2D eigenvalue weighted by atomic mass is 10.1. The number of nitrogens with zero attached hydrogens (tertiary/aromatic N) is 1. The van der Waals surface area contributed by atoms with Gasteiger partial charge in [-0.2, -0.15) is 4.31 Å². The Balaban J connectivity index is 2.25. The second kappa shape index (κ2) is 9.19. The van der Waals surface area contributed by atoms with E-state index in [0.717, 1.165) is 49.3 Å². The third kappa shape index (κ3) is 4.81. The molecule has 0 aromatic heterocycles. The van der Waals surface area contributed by atoms with Crippen LogP contribution in [0, 0.1) is 0 Å². The van der Waals surface area contributed by atoms with Crippen molar-refractivity contribution >= 4 is 20.8 Å². The van der Waals surface area contributed by atoms with Gasteiger partial charge in [-0.15, -0.1) is 0 Å². The number of hydrogen-bond donors (Lipinski definition) is 0. The minimum Gasteiger partial charge on any atom is -0.207 e. The molecular weight excluding hydrogens is 318 g/mol. The number of sulfonamides is 1. The molecule has 2 aromatic rings. The summed E-state index contributed by atoms with van der Waals surface area (Å²) in [6.07, 6.45) is 6.18. The van der Waals surface area contributed by atoms with Crippen LogP contribution in [0.5, 0.6) is 0 Å². The van der Waals surface area contributed by atoms with Crippen LogP contribution in [-0.2, 0) is 10.0 Å². The Morgan fingerprint density at radius 2 is 1.38 bits per heavy atom. The van der Waals surface area contributed by atoms with E-state index in [1.54, 1.807) is 16.4 Å². The standard InChI is InChI=1S/C20H29NO2S/c1-3-5-9-15-21(16-10-6-4-2)24(22,23)20-14-13-18-11-7-8-12-19(18)17-20/h7-8,11-14,17H,3-6,9-10,15-16H2,1-2H3. The van der Waals surface area contributed by atoms with Gasteiger partial charge >= 0.3 is 0 Å². The van der Waals surface area contributed by atoms with Crippen LogP contribution >= 0.6 is 0 Å². The molecule has 0 unspecified atom stereocenters. The highest BCUT2D eigenvalue weighted by Gasteiger charge is 2.23. The molecule has 0 saturated carbocycles. The van der Waals surface area contributed by atoms with Crippen molar-refractivity contribution in [1.29, 1.82) is 0 Å². The van der Waals surface area contributed by atoms with Gasteiger partial charge < -0.3 is 0 Å². The van der Waals surface area contributed by atoms with Crippen LogP contribution < -0.4 is 0 Å². The van der Waals surface area contributed by atoms with Crippen LogP contribution in [-0.4, -0.2) is 25.8 Å². The van der Waals surface area contributed by atoms with Crippen molar-refractivity contribution in [2.45, 2.75) is 57.3 Å². The van der Waals surface area contributed by atoms with E-state index in [-0.39, 0.29) is 0 Å². The fourth-order valence-corrected chi connectivity index (χ4v) is 4.46. The van der Waals surface area contributed by atoms with Gasteiger partial charge in [0.2, 0.25) is 10.0 Å². The Bertz CT molecular complexity index is 730. The van der Waals surface area contributed by atoms with Crippen molar-refractivity contribution in [2.24, 2.45) is 0 Å². The summed E-state index contributed by atoms with van der Waals surface area (Å²) in [5, 5.41) is 2.04. The maximum Gasteiger partial charge on any atom is 0.243 e. The average Bonchev–Trinajstić information content (AvgIpc) is 2.60. The monoisotopic (exact) mass is 347 g/mol. The Kier molecular flexibility index (Phi) is 7.25. The maximum absolute atomic E-state index is 13.1. The molecule has 0 fully saturated rings. The van der Waals surface area contributed by atoms with Gasteiger partial charge in [0.1, 0.15) is 0 Å². The molecule has 0 bridgehead atoms. The fourth-order valence-electron chi connectivity index (χ4n) is 2.91. The summed E-state index contributed by atoms with van der Waals surface area (Å²) in [5.41, 5.74) is 0. The predicted molar refractivity (Wildman–Crippen MR) is 102 cm³/mol. The summed E-state index contributed by atoms with van der Waals surface area (Å²) in [6.45, 7) is 5.51. The Morgan fingerprint density at radius 3 is 1.96 bits per heavy atom. The van der Waals surface area contributed by atoms with Gasteiger partial charge in [-0.05, 0) is 35.7 Å². The molecule has 0 atom stereocenters. The quantitative estimate of drug-likeness (QED) is 0.553. The molecule has 132 valence electrons. The first kappa shape index (κ1) is 18.9. The van der Waals surface area contributed by atoms with Gasteiger partial charge in [0.25, 0.3) is 0 Å². The van der Waals surface area contributed by atoms with Crippen LogP contribution in [0.1, 0.15) is 52.4 Å². The van der Waals surface area contributed by atoms with E-state index in [1.807, 2.05) is 30.3 Å². The minimum atomic E-state index is -3.42. The summed E-state index contributed by atoms with van der Waals surface area (Å²) in [4.78, 5) is 0.411. The number of rotatable bonds is 10. The summed E-state index contributed by atoms with van der Waals surface area (Å²) in [7, 11) is -3.42. The predicted octanol–water partition coefficient (Wildman–Crippen LogP) is 5.21. The highest BCUT2D eigenvalue weighted by Crippen LogP contribution is 2.22. The number of benzene rings is 2. The molecule has 0 spiro atoms. The Morgan fingerprint density at radius 1 is 0.792 bits per heavy atom. The molecule has 0 amide bonds. The normalized spacial score (nSPS) is 12.1. The molecule has 4 heteroatoms. The van der Waals surface area contributed by atoms with Crippen molar-refractivity contribution in [1.82, 2.24) is 4.31 Å². The first-order chi connectivity index (χ1) is 11.6. The molecule has 0 saturated heterocycles. The molecule has 24 heavy (non-hydrogen) atoms. The zero-order valence-corrected chi connectivity index (χ0v) is 15.7. The van der Waals surface area contributed by atoms with E-state index in [4.69, 9.17) is 0 Å². The van der Waals surface area contributed by atoms with Crippen LogP contribution in [0.3, 0.4) is 0 Å². The van der Waals surface area contributed by atoms with Crippen molar-refractivity contribution in [3.63, 3.8) is 0 Å². The van der Waals surface area contributed by atoms with Gasteiger partial charge in [-0.25, -0.2) is 8.42 Å². The van der Waals surface area contributed by atoms with Crippen LogP contribution in [0.2, 0.25) is 0 Å². The van der Waals surface area contributed by atoms with E-state index in [2.05, 4.69) is 13.8 Å². The summed E-state index contributed by atoms with van der Waals surface area (Å²) < 4.78 is 27.9. The second-order valence-corrected chi connectivity index (χ2v) is 8.27. The largest absolute Gasteiger partial charge is 0.243 e. The van der Waals surface area contributed by atoms with Crippen molar-refractivity contribution in [3.05, 3.63) is 42.5 Å². The molecule has 0 aliphatic rings. The van der Waals surface area contributed by atoms with E-state index >= 15 is 0 Å². The topological polar surface area (TPSA) is 37.4 Å².